The molecule has 1 saturated heterocycles. The second-order valence-electron chi connectivity index (χ2n) is 8.58. The molecule has 1 fully saturated rings. The maximum absolute atomic E-state index is 14.3. The lowest BCUT2D eigenvalue weighted by molar-refractivity contribution is -0.275. The Kier molecular flexibility index (Phi) is 7.43. The van der Waals surface area contributed by atoms with Crippen molar-refractivity contribution in [3.8, 4) is 0 Å². The van der Waals surface area contributed by atoms with Gasteiger partial charge in [0.05, 0.1) is 15.8 Å². The van der Waals surface area contributed by atoms with Gasteiger partial charge in [0.15, 0.2) is 5.82 Å². The molecule has 3 amide bonds. The van der Waals surface area contributed by atoms with Crippen LogP contribution < -0.4 is 0 Å². The summed E-state index contributed by atoms with van der Waals surface area (Å²) in [6, 6.07) is 4.47. The molecule has 2 aliphatic rings. The van der Waals surface area contributed by atoms with Crippen LogP contribution in [0.1, 0.15) is 40.4 Å². The second kappa shape index (κ2) is 10.2. The number of rotatable bonds is 6. The minimum absolute atomic E-state index is 0.0438. The normalized spacial score (nSPS) is 21.4. The van der Waals surface area contributed by atoms with Crippen molar-refractivity contribution in [2.75, 3.05) is 13.2 Å². The van der Waals surface area contributed by atoms with Gasteiger partial charge < -0.3 is 4.84 Å². The Morgan fingerprint density at radius 3 is 2.45 bits per heavy atom. The van der Waals surface area contributed by atoms with E-state index >= 15 is 0 Å². The minimum Gasteiger partial charge on any atom is -0.374 e. The lowest BCUT2D eigenvalue weighted by Crippen LogP contribution is -2.45. The van der Waals surface area contributed by atoms with Gasteiger partial charge >= 0.3 is 6.18 Å². The van der Waals surface area contributed by atoms with Crippen molar-refractivity contribution in [2.45, 2.75) is 38.1 Å². The molecule has 0 spiro atoms. The Morgan fingerprint density at radius 2 is 1.92 bits per heavy atom. The second-order valence-corrected chi connectivity index (χ2v) is 9.39. The number of halogens is 6. The molecule has 4 rings (SSSR count). The number of hydroxylamine groups is 2. The molecule has 14 heteroatoms. The zero-order valence-corrected chi connectivity index (χ0v) is 21.3. The largest absolute Gasteiger partial charge is 0.435 e. The molecule has 8 nitrogen and oxygen atoms in total. The molecular formula is C24H19Cl2F4N3O5. The highest BCUT2D eigenvalue weighted by Crippen LogP contribution is 2.50. The van der Waals surface area contributed by atoms with E-state index in [4.69, 9.17) is 32.9 Å². The molecule has 202 valence electrons. The van der Waals surface area contributed by atoms with Crippen LogP contribution in [0, 0.1) is 12.7 Å². The number of amides is 3. The monoisotopic (exact) mass is 575 g/mol. The third kappa shape index (κ3) is 4.61. The van der Waals surface area contributed by atoms with Crippen LogP contribution in [-0.4, -0.2) is 59.3 Å². The highest BCUT2D eigenvalue weighted by Gasteiger charge is 2.62. The first-order valence-corrected chi connectivity index (χ1v) is 11.9. The van der Waals surface area contributed by atoms with Crippen LogP contribution >= 0.6 is 23.2 Å². The summed E-state index contributed by atoms with van der Waals surface area (Å²) >= 11 is 11.5. The van der Waals surface area contributed by atoms with Gasteiger partial charge in [0.25, 0.3) is 17.4 Å². The summed E-state index contributed by atoms with van der Waals surface area (Å²) in [4.78, 5) is 48.0. The summed E-state index contributed by atoms with van der Waals surface area (Å²) in [6.07, 6.45) is -5.55. The van der Waals surface area contributed by atoms with Crippen molar-refractivity contribution in [1.29, 1.82) is 0 Å². The van der Waals surface area contributed by atoms with E-state index in [0.29, 0.717) is 10.5 Å². The van der Waals surface area contributed by atoms with Crippen LogP contribution in [0.2, 0.25) is 10.0 Å². The molecular weight excluding hydrogens is 557 g/mol. The lowest BCUT2D eigenvalue weighted by Gasteiger charge is -2.29. The molecule has 2 aromatic rings. The average molecular weight is 576 g/mol. The number of hydrogen-bond acceptors (Lipinski definition) is 6. The van der Waals surface area contributed by atoms with E-state index in [1.54, 1.807) is 6.92 Å². The third-order valence-corrected chi connectivity index (χ3v) is 6.87. The fourth-order valence-corrected chi connectivity index (χ4v) is 4.73. The van der Waals surface area contributed by atoms with Crippen molar-refractivity contribution in [3.63, 3.8) is 0 Å². The van der Waals surface area contributed by atoms with Gasteiger partial charge in [0, 0.05) is 24.1 Å². The maximum atomic E-state index is 14.3. The first-order chi connectivity index (χ1) is 17.8. The van der Waals surface area contributed by atoms with Crippen molar-refractivity contribution in [2.24, 2.45) is 5.16 Å². The number of oxime groups is 1. The summed E-state index contributed by atoms with van der Waals surface area (Å²) in [5.74, 6) is -2.40. The Labute approximate surface area is 223 Å². The van der Waals surface area contributed by atoms with Crippen molar-refractivity contribution < 1.29 is 41.6 Å². The summed E-state index contributed by atoms with van der Waals surface area (Å²) in [7, 11) is 0. The van der Waals surface area contributed by atoms with Crippen LogP contribution in [-0.2, 0) is 24.9 Å². The van der Waals surface area contributed by atoms with E-state index in [0.717, 1.165) is 17.2 Å². The molecule has 0 aromatic heterocycles. The predicted octanol–water partition coefficient (Wildman–Crippen LogP) is 4.78. The molecule has 2 unspecified atom stereocenters. The highest BCUT2D eigenvalue weighted by atomic mass is 35.5. The molecule has 0 radical (unpaired) electrons. The standard InChI is InChI=1S/C24H19Cl2F4N3O5/c1-3-33-22(36)19(10-37-33)32(11-34)21(35)15-5-4-13(6-12(15)2)18-9-23(38-31-18,24(28,29)30)14-7-16(25)20(27)17(26)8-14/h4-8,11,19H,3,9-10H2,1-2H3. The highest BCUT2D eigenvalue weighted by molar-refractivity contribution is 6.35. The molecule has 2 atom stereocenters. The number of alkyl halides is 3. The summed E-state index contributed by atoms with van der Waals surface area (Å²) in [5, 5.41) is 3.46. The van der Waals surface area contributed by atoms with Crippen LogP contribution in [0.25, 0.3) is 0 Å². The zero-order chi connectivity index (χ0) is 28.0. The zero-order valence-electron chi connectivity index (χ0n) is 19.8. The molecule has 0 bridgehead atoms. The Bertz CT molecular complexity index is 1330. The lowest BCUT2D eigenvalue weighted by atomic mass is 9.86. The molecule has 2 aromatic carbocycles. The van der Waals surface area contributed by atoms with E-state index in [-0.39, 0.29) is 36.4 Å². The van der Waals surface area contributed by atoms with Gasteiger partial charge in [0.1, 0.15) is 12.6 Å². The van der Waals surface area contributed by atoms with Gasteiger partial charge in [-0.3, -0.25) is 24.1 Å². The third-order valence-electron chi connectivity index (χ3n) is 6.32. The molecule has 2 heterocycles. The smallest absolute Gasteiger partial charge is 0.374 e. The number of carbonyl (C=O) groups is 3. The molecule has 2 aliphatic heterocycles. The molecule has 0 N–H and O–H groups in total. The van der Waals surface area contributed by atoms with E-state index in [9.17, 15) is 31.9 Å². The number of carbonyl (C=O) groups excluding carboxylic acids is 3. The van der Waals surface area contributed by atoms with Gasteiger partial charge in [-0.05, 0) is 49.2 Å². The van der Waals surface area contributed by atoms with Gasteiger partial charge in [-0.15, -0.1) is 0 Å². The molecule has 0 aliphatic carbocycles. The molecule has 0 saturated carbocycles. The van der Waals surface area contributed by atoms with E-state index in [1.165, 1.54) is 25.1 Å². The summed E-state index contributed by atoms with van der Waals surface area (Å²) < 4.78 is 56.6. The van der Waals surface area contributed by atoms with E-state index in [2.05, 4.69) is 5.16 Å². The summed E-state index contributed by atoms with van der Waals surface area (Å²) in [5.41, 5.74) is -3.06. The van der Waals surface area contributed by atoms with Gasteiger partial charge in [-0.1, -0.05) is 34.4 Å². The number of hydrogen-bond donors (Lipinski definition) is 0. The quantitative estimate of drug-likeness (QED) is 0.281. The SMILES string of the molecule is CCN1OCC(N(C=O)C(=O)c2ccc(C3=NOC(c4cc(Cl)c(F)c(Cl)c4)(C(F)(F)F)C3)cc2C)C1=O. The number of benzene rings is 2. The van der Waals surface area contributed by atoms with Crippen LogP contribution in [0.4, 0.5) is 17.6 Å². The van der Waals surface area contributed by atoms with E-state index < -0.39 is 57.5 Å². The van der Waals surface area contributed by atoms with Crippen molar-refractivity contribution in [1.82, 2.24) is 9.96 Å². The van der Waals surface area contributed by atoms with E-state index in [1.807, 2.05) is 0 Å². The fraction of sp³-hybridized carbons (Fsp3) is 0.333. The number of aryl methyl sites for hydroxylation is 1. The Morgan fingerprint density at radius 1 is 1.26 bits per heavy atom. The fourth-order valence-electron chi connectivity index (χ4n) is 4.24. The number of imide groups is 1. The number of likely N-dealkylation sites (N-methyl/N-ethyl adjacent to an activating group) is 1. The Hall–Kier alpha value is -3.22. The number of nitrogens with zero attached hydrogens (tertiary/aromatic N) is 3. The maximum Gasteiger partial charge on any atom is 0.435 e. The van der Waals surface area contributed by atoms with Crippen molar-refractivity contribution >= 4 is 47.1 Å². The van der Waals surface area contributed by atoms with Crippen LogP contribution in [0.15, 0.2) is 35.5 Å². The summed E-state index contributed by atoms with van der Waals surface area (Å²) in [6.45, 7) is 3.21. The average Bonchev–Trinajstić information content (AvgIpc) is 3.48. The minimum atomic E-state index is -4.99. The van der Waals surface area contributed by atoms with Gasteiger partial charge in [0.2, 0.25) is 6.41 Å². The van der Waals surface area contributed by atoms with Gasteiger partial charge in [-0.2, -0.15) is 13.2 Å². The first-order valence-electron chi connectivity index (χ1n) is 11.1. The topological polar surface area (TPSA) is 88.5 Å². The van der Waals surface area contributed by atoms with Crippen molar-refractivity contribution in [3.05, 3.63) is 68.4 Å². The Balaban J connectivity index is 1.62. The molecule has 38 heavy (non-hydrogen) atoms. The van der Waals surface area contributed by atoms with Crippen LogP contribution in [0.5, 0.6) is 0 Å². The predicted molar refractivity (Wildman–Crippen MR) is 127 cm³/mol. The van der Waals surface area contributed by atoms with Crippen LogP contribution in [0.3, 0.4) is 0 Å². The first kappa shape index (κ1) is 27.8. The van der Waals surface area contributed by atoms with Gasteiger partial charge in [-0.25, -0.2) is 9.45 Å².